The van der Waals surface area contributed by atoms with Crippen LogP contribution in [0.15, 0.2) is 36.4 Å². The number of carboxylic acids is 1. The van der Waals surface area contributed by atoms with E-state index in [9.17, 15) is 29.7 Å². The fourth-order valence-electron chi connectivity index (χ4n) is 5.91. The Hall–Kier alpha value is -3.13. The number of carbonyl (C=O) groups is 3. The van der Waals surface area contributed by atoms with Crippen LogP contribution in [-0.2, 0) is 9.59 Å². The topological polar surface area (TPSA) is 144 Å². The number of benzene rings is 1. The molecule has 5 N–H and O–H groups in total. The number of aromatic carboxylic acids is 1. The number of amides is 1. The Morgan fingerprint density at radius 2 is 1.97 bits per heavy atom. The third-order valence-corrected chi connectivity index (χ3v) is 7.81. The summed E-state index contributed by atoms with van der Waals surface area (Å²) in [6.45, 7) is 5.99. The Labute approximate surface area is 185 Å². The van der Waals surface area contributed by atoms with E-state index in [1.165, 1.54) is 6.08 Å². The molecule has 1 amide bonds. The van der Waals surface area contributed by atoms with Crippen LogP contribution in [0.3, 0.4) is 0 Å². The van der Waals surface area contributed by atoms with Gasteiger partial charge in [0.2, 0.25) is 5.91 Å². The minimum atomic E-state index is -1.40. The third-order valence-electron chi connectivity index (χ3n) is 7.81. The lowest BCUT2D eigenvalue weighted by atomic mass is 9.43. The van der Waals surface area contributed by atoms with Crippen molar-refractivity contribution >= 4 is 23.3 Å². The zero-order valence-corrected chi connectivity index (χ0v) is 17.8. The van der Waals surface area contributed by atoms with E-state index in [0.29, 0.717) is 12.8 Å². The van der Waals surface area contributed by atoms with Gasteiger partial charge in [-0.3, -0.25) is 9.59 Å². The lowest BCUT2D eigenvalue weighted by molar-refractivity contribution is -0.148. The molecule has 1 aromatic carbocycles. The van der Waals surface area contributed by atoms with E-state index < -0.39 is 45.9 Å². The molecule has 0 radical (unpaired) electrons. The van der Waals surface area contributed by atoms with Crippen LogP contribution < -0.4 is 5.32 Å². The summed E-state index contributed by atoms with van der Waals surface area (Å²) in [6, 6.07) is 2.11. The minimum absolute atomic E-state index is 0.0828. The first-order valence-electron chi connectivity index (χ1n) is 10.7. The molecule has 0 heterocycles. The van der Waals surface area contributed by atoms with Crippen molar-refractivity contribution in [3.05, 3.63) is 42.0 Å². The van der Waals surface area contributed by atoms with E-state index in [1.807, 2.05) is 13.0 Å². The fraction of sp³-hybridized carbons (Fsp3) is 0.458. The van der Waals surface area contributed by atoms with E-state index in [2.05, 4.69) is 11.9 Å². The Morgan fingerprint density at radius 3 is 2.66 bits per heavy atom. The molecule has 1 aromatic rings. The van der Waals surface area contributed by atoms with E-state index in [0.717, 1.165) is 24.1 Å². The first-order valence-corrected chi connectivity index (χ1v) is 10.7. The molecule has 0 saturated heterocycles. The van der Waals surface area contributed by atoms with Crippen molar-refractivity contribution in [2.24, 2.45) is 22.7 Å². The second kappa shape index (κ2) is 7.48. The lowest BCUT2D eigenvalue weighted by Gasteiger charge is -2.61. The highest BCUT2D eigenvalue weighted by Gasteiger charge is 2.61. The standard InChI is InChI=1S/C24H27NO7/c1-12-11-24-8-5-17(27)23(2,16(24)9-13(12)10-18(24)28)7-6-19(29)25-20-15(26)4-3-14(21(20)30)22(31)32/h3-5,8,13,16,18,26,28,30H,1,6-7,9-11H2,2H3,(H,25,29)(H,31,32)/t13-,16?,18-,23+,24+/m1/s1. The molecule has 1 unspecified atom stereocenters. The van der Waals surface area contributed by atoms with Crippen molar-refractivity contribution in [1.82, 2.24) is 0 Å². The Balaban J connectivity index is 1.54. The van der Waals surface area contributed by atoms with Crippen LogP contribution in [0.25, 0.3) is 0 Å². The molecule has 5 atom stereocenters. The molecule has 8 nitrogen and oxygen atoms in total. The number of aliphatic hydroxyl groups is 1. The van der Waals surface area contributed by atoms with Gasteiger partial charge in [0, 0.05) is 17.3 Å². The highest BCUT2D eigenvalue weighted by atomic mass is 16.4. The average molecular weight is 441 g/mol. The van der Waals surface area contributed by atoms with Crippen molar-refractivity contribution < 1.29 is 34.8 Å². The molecule has 2 bridgehead atoms. The Morgan fingerprint density at radius 1 is 1.25 bits per heavy atom. The first-order chi connectivity index (χ1) is 15.0. The highest BCUT2D eigenvalue weighted by molar-refractivity contribution is 6.00. The number of carboxylic acid groups (broad SMARTS) is 1. The number of allylic oxidation sites excluding steroid dienone is 2. The number of anilines is 1. The maximum absolute atomic E-state index is 13.0. The number of fused-ring (bicyclic) bond motifs is 2. The fourth-order valence-corrected chi connectivity index (χ4v) is 5.91. The van der Waals surface area contributed by atoms with Gasteiger partial charge in [-0.05, 0) is 55.7 Å². The predicted molar refractivity (Wildman–Crippen MR) is 115 cm³/mol. The van der Waals surface area contributed by atoms with Gasteiger partial charge >= 0.3 is 5.97 Å². The molecule has 4 aliphatic rings. The third kappa shape index (κ3) is 3.21. The van der Waals surface area contributed by atoms with Gasteiger partial charge in [-0.25, -0.2) is 4.79 Å². The predicted octanol–water partition coefficient (Wildman–Crippen LogP) is 2.99. The summed E-state index contributed by atoms with van der Waals surface area (Å²) in [5.41, 5.74) is -1.16. The number of phenols is 2. The average Bonchev–Trinajstić information content (AvgIpc) is 2.73. The molecular weight excluding hydrogens is 414 g/mol. The number of rotatable bonds is 5. The monoisotopic (exact) mass is 441 g/mol. The largest absolute Gasteiger partial charge is 0.506 e. The molecule has 5 rings (SSSR count). The normalized spacial score (nSPS) is 33.1. The molecule has 0 aliphatic heterocycles. The molecule has 1 spiro atoms. The van der Waals surface area contributed by atoms with Crippen LogP contribution in [0.5, 0.6) is 11.5 Å². The van der Waals surface area contributed by atoms with Gasteiger partial charge in [0.25, 0.3) is 0 Å². The molecule has 3 saturated carbocycles. The lowest BCUT2D eigenvalue weighted by Crippen LogP contribution is -2.59. The van der Waals surface area contributed by atoms with E-state index in [1.54, 1.807) is 0 Å². The second-order valence-electron chi connectivity index (χ2n) is 9.51. The molecule has 3 fully saturated rings. The van der Waals surface area contributed by atoms with E-state index >= 15 is 0 Å². The van der Waals surface area contributed by atoms with Gasteiger partial charge in [0.05, 0.1) is 6.10 Å². The SMILES string of the molecule is C=C1C[C@@]23C=CC(=O)[C@@](C)(CCC(=O)Nc4c(O)ccc(C(=O)O)c4O)C2C[C@@H]1C[C@H]3O. The number of aromatic hydroxyl groups is 2. The summed E-state index contributed by atoms with van der Waals surface area (Å²) < 4.78 is 0. The number of hydrogen-bond acceptors (Lipinski definition) is 6. The van der Waals surface area contributed by atoms with E-state index in [4.69, 9.17) is 5.11 Å². The van der Waals surface area contributed by atoms with Crippen molar-refractivity contribution in [2.75, 3.05) is 5.32 Å². The maximum Gasteiger partial charge on any atom is 0.339 e. The Kier molecular flexibility index (Phi) is 5.16. The number of phenolic OH excluding ortho intramolecular Hbond substituents is 1. The van der Waals surface area contributed by atoms with Gasteiger partial charge in [-0.15, -0.1) is 0 Å². The molecule has 32 heavy (non-hydrogen) atoms. The number of carbonyl (C=O) groups excluding carboxylic acids is 2. The number of hydrogen-bond donors (Lipinski definition) is 5. The summed E-state index contributed by atoms with van der Waals surface area (Å²) in [5.74, 6) is -3.24. The Bertz CT molecular complexity index is 1060. The van der Waals surface area contributed by atoms with E-state index in [-0.39, 0.29) is 36.1 Å². The van der Waals surface area contributed by atoms with Gasteiger partial charge < -0.3 is 25.7 Å². The quantitative estimate of drug-likeness (QED) is 0.349. The molecule has 8 heteroatoms. The van der Waals surface area contributed by atoms with Crippen LogP contribution in [0, 0.1) is 22.7 Å². The second-order valence-corrected chi connectivity index (χ2v) is 9.51. The van der Waals surface area contributed by atoms with Crippen LogP contribution in [-0.4, -0.2) is 44.2 Å². The summed E-state index contributed by atoms with van der Waals surface area (Å²) in [5, 5.41) is 42.4. The summed E-state index contributed by atoms with van der Waals surface area (Å²) in [6.07, 6.45) is 4.89. The van der Waals surface area contributed by atoms with Crippen molar-refractivity contribution in [1.29, 1.82) is 0 Å². The number of ketones is 1. The van der Waals surface area contributed by atoms with Crippen molar-refractivity contribution in [2.45, 2.75) is 45.1 Å². The first kappa shape index (κ1) is 22.1. The van der Waals surface area contributed by atoms with Crippen molar-refractivity contribution in [3.63, 3.8) is 0 Å². The summed E-state index contributed by atoms with van der Waals surface area (Å²) in [7, 11) is 0. The molecule has 170 valence electrons. The minimum Gasteiger partial charge on any atom is -0.506 e. The maximum atomic E-state index is 13.0. The van der Waals surface area contributed by atoms with Crippen LogP contribution >= 0.6 is 0 Å². The smallest absolute Gasteiger partial charge is 0.339 e. The van der Waals surface area contributed by atoms with Crippen molar-refractivity contribution in [3.8, 4) is 11.5 Å². The highest BCUT2D eigenvalue weighted by Crippen LogP contribution is 2.64. The van der Waals surface area contributed by atoms with Crippen LogP contribution in [0.4, 0.5) is 5.69 Å². The molecule has 0 aromatic heterocycles. The van der Waals surface area contributed by atoms with Gasteiger partial charge in [-0.2, -0.15) is 0 Å². The summed E-state index contributed by atoms with van der Waals surface area (Å²) in [4.78, 5) is 36.8. The molecule has 4 aliphatic carbocycles. The molecular formula is C24H27NO7. The summed E-state index contributed by atoms with van der Waals surface area (Å²) >= 11 is 0. The van der Waals surface area contributed by atoms with Crippen LogP contribution in [0.2, 0.25) is 0 Å². The zero-order valence-electron chi connectivity index (χ0n) is 17.8. The van der Waals surface area contributed by atoms with Gasteiger partial charge in [0.1, 0.15) is 17.0 Å². The zero-order chi connectivity index (χ0) is 23.4. The number of nitrogens with one attached hydrogen (secondary N) is 1. The number of aliphatic hydroxyl groups excluding tert-OH is 1. The van der Waals surface area contributed by atoms with Gasteiger partial charge in [-0.1, -0.05) is 25.2 Å². The van der Waals surface area contributed by atoms with Crippen LogP contribution in [0.1, 0.15) is 49.4 Å². The van der Waals surface area contributed by atoms with Gasteiger partial charge in [0.15, 0.2) is 11.5 Å².